The number of carbonyl (C=O) groups is 6. The van der Waals surface area contributed by atoms with Gasteiger partial charge in [-0.2, -0.15) is 0 Å². The van der Waals surface area contributed by atoms with Crippen LogP contribution in [-0.4, -0.2) is 55.4 Å². The summed E-state index contributed by atoms with van der Waals surface area (Å²) in [5, 5.41) is 44.2. The van der Waals surface area contributed by atoms with Gasteiger partial charge in [0.05, 0.1) is 32.3 Å². The van der Waals surface area contributed by atoms with Gasteiger partial charge in [-0.05, 0) is 12.1 Å². The smallest absolute Gasteiger partial charge is 0.394 e. The lowest BCUT2D eigenvalue weighted by atomic mass is 9.80. The van der Waals surface area contributed by atoms with Crippen molar-refractivity contribution in [3.8, 4) is 0 Å². The van der Waals surface area contributed by atoms with Crippen LogP contribution in [0.5, 0.6) is 0 Å². The molecule has 0 heterocycles. The fourth-order valence-corrected chi connectivity index (χ4v) is 3.23. The van der Waals surface area contributed by atoms with Gasteiger partial charge in [-0.25, -0.2) is 9.59 Å². The second-order valence-corrected chi connectivity index (χ2v) is 6.46. The monoisotopic (exact) mass is 472 g/mol. The van der Waals surface area contributed by atoms with Crippen molar-refractivity contribution in [2.45, 2.75) is 0 Å². The average molecular weight is 472 g/mol. The van der Waals surface area contributed by atoms with Gasteiger partial charge in [-0.15, -0.1) is 0 Å². The molecule has 0 radical (unpaired) electrons. The Labute approximate surface area is 185 Å². The van der Waals surface area contributed by atoms with E-state index in [1.165, 1.54) is 0 Å². The Morgan fingerprint density at radius 1 is 0.647 bits per heavy atom. The van der Waals surface area contributed by atoms with Gasteiger partial charge in [0, 0.05) is 12.1 Å². The van der Waals surface area contributed by atoms with E-state index in [2.05, 4.69) is 0 Å². The number of hydrogen-bond donors (Lipinski definition) is 4. The zero-order valence-corrected chi connectivity index (χ0v) is 16.2. The normalized spacial score (nSPS) is 11.6. The minimum Gasteiger partial charge on any atom is -0.474 e. The lowest BCUT2D eigenvalue weighted by Crippen LogP contribution is -2.30. The molecular weight excluding hydrogens is 464 g/mol. The molecule has 16 heteroatoms. The maximum atomic E-state index is 13.4. The highest BCUT2D eigenvalue weighted by atomic mass is 16.6. The fourth-order valence-electron chi connectivity index (χ4n) is 3.23. The number of carboxylic acids is 2. The Hall–Kier alpha value is -5.54. The molecule has 3 rings (SSSR count). The van der Waals surface area contributed by atoms with Crippen molar-refractivity contribution in [2.24, 2.45) is 0 Å². The number of nitrogens with one attached hydrogen (secondary N) is 2. The van der Waals surface area contributed by atoms with Gasteiger partial charge in [0.25, 0.3) is 11.4 Å². The number of nitrogens with zero attached hydrogens (tertiary/aromatic N) is 2. The van der Waals surface area contributed by atoms with Crippen molar-refractivity contribution in [1.29, 1.82) is 0 Å². The maximum absolute atomic E-state index is 13.4. The zero-order chi connectivity index (χ0) is 25.5. The van der Waals surface area contributed by atoms with E-state index in [4.69, 9.17) is 10.2 Å². The van der Waals surface area contributed by atoms with E-state index in [0.29, 0.717) is 12.1 Å². The van der Waals surface area contributed by atoms with Crippen molar-refractivity contribution >= 4 is 58.1 Å². The zero-order valence-electron chi connectivity index (χ0n) is 16.2. The molecule has 1 aliphatic carbocycles. The standard InChI is InChI=1S/C18H8N4O12/c23-13-9-5(19-15(25)17(27)28)1-3-7(21(31)32)11(9)14(24)12-8(22(33)34)4-2-6(10(12)13)20-16(26)18(29)30/h1-4H,(H,19,25)(H,20,26)(H,27,28)(H,29,30). The molecule has 0 bridgehead atoms. The van der Waals surface area contributed by atoms with Gasteiger partial charge in [-0.3, -0.25) is 39.4 Å². The molecule has 0 unspecified atom stereocenters. The largest absolute Gasteiger partial charge is 0.474 e. The summed E-state index contributed by atoms with van der Waals surface area (Å²) in [7, 11) is 0. The molecule has 2 aromatic rings. The SMILES string of the molecule is O=C(O)C(=O)Nc1ccc([N+](=O)[O-])c2c1C(=O)c1c(NC(=O)C(=O)O)ccc([N+](=O)[O-])c1C2=O. The number of aliphatic carboxylic acids is 2. The van der Waals surface area contributed by atoms with Crippen LogP contribution in [0, 0.1) is 20.2 Å². The number of amides is 2. The summed E-state index contributed by atoms with van der Waals surface area (Å²) in [6, 6.07) is 2.88. The molecule has 4 N–H and O–H groups in total. The van der Waals surface area contributed by atoms with E-state index in [-0.39, 0.29) is 0 Å². The molecule has 16 nitrogen and oxygen atoms in total. The van der Waals surface area contributed by atoms with Crippen molar-refractivity contribution in [3.63, 3.8) is 0 Å². The summed E-state index contributed by atoms with van der Waals surface area (Å²) in [6.45, 7) is 0. The first-order valence-electron chi connectivity index (χ1n) is 8.67. The summed E-state index contributed by atoms with van der Waals surface area (Å²) < 4.78 is 0. The summed E-state index contributed by atoms with van der Waals surface area (Å²) in [6.07, 6.45) is 0. The van der Waals surface area contributed by atoms with Crippen LogP contribution in [0.2, 0.25) is 0 Å². The van der Waals surface area contributed by atoms with Crippen LogP contribution < -0.4 is 10.6 Å². The summed E-state index contributed by atoms with van der Waals surface area (Å²) in [5.74, 6) is -10.2. The Kier molecular flexibility index (Phi) is 5.57. The van der Waals surface area contributed by atoms with Gasteiger partial charge in [0.2, 0.25) is 5.78 Å². The minimum absolute atomic E-state index is 0.654. The molecule has 172 valence electrons. The second kappa shape index (κ2) is 8.19. The van der Waals surface area contributed by atoms with Crippen LogP contribution in [-0.2, 0) is 19.2 Å². The third-order valence-electron chi connectivity index (χ3n) is 4.55. The molecule has 0 atom stereocenters. The fraction of sp³-hybridized carbons (Fsp3) is 0. The van der Waals surface area contributed by atoms with Gasteiger partial charge in [-0.1, -0.05) is 0 Å². The number of ketones is 2. The Morgan fingerprint density at radius 2 is 0.971 bits per heavy atom. The molecule has 0 spiro atoms. The molecule has 34 heavy (non-hydrogen) atoms. The lowest BCUT2D eigenvalue weighted by molar-refractivity contribution is -0.385. The van der Waals surface area contributed by atoms with E-state index in [1.807, 2.05) is 0 Å². The molecule has 0 saturated carbocycles. The van der Waals surface area contributed by atoms with Gasteiger partial charge < -0.3 is 20.8 Å². The number of carbonyl (C=O) groups excluding carboxylic acids is 4. The number of nitro groups is 2. The predicted octanol–water partition coefficient (Wildman–Crippen LogP) is 0.325. The highest BCUT2D eigenvalue weighted by molar-refractivity contribution is 6.40. The van der Waals surface area contributed by atoms with Crippen LogP contribution >= 0.6 is 0 Å². The maximum Gasteiger partial charge on any atom is 0.394 e. The number of anilines is 2. The summed E-state index contributed by atoms with van der Waals surface area (Å²) in [4.78, 5) is 92.5. The van der Waals surface area contributed by atoms with Crippen molar-refractivity contribution in [2.75, 3.05) is 10.6 Å². The first-order chi connectivity index (χ1) is 15.9. The van der Waals surface area contributed by atoms with Crippen LogP contribution in [0.15, 0.2) is 24.3 Å². The van der Waals surface area contributed by atoms with E-state index < -0.39 is 90.2 Å². The van der Waals surface area contributed by atoms with Gasteiger partial charge >= 0.3 is 23.8 Å². The third-order valence-corrected chi connectivity index (χ3v) is 4.55. The van der Waals surface area contributed by atoms with Crippen molar-refractivity contribution in [3.05, 3.63) is 66.7 Å². The number of carboxylic acid groups (broad SMARTS) is 2. The molecule has 0 fully saturated rings. The first-order valence-corrected chi connectivity index (χ1v) is 8.67. The van der Waals surface area contributed by atoms with Gasteiger partial charge in [0.15, 0.2) is 5.78 Å². The lowest BCUT2D eigenvalue weighted by Gasteiger charge is -2.22. The van der Waals surface area contributed by atoms with Crippen LogP contribution in [0.3, 0.4) is 0 Å². The van der Waals surface area contributed by atoms with Crippen LogP contribution in [0.1, 0.15) is 31.8 Å². The Bertz CT molecular complexity index is 1290. The molecule has 0 saturated heterocycles. The first kappa shape index (κ1) is 23.1. The molecule has 0 aromatic heterocycles. The van der Waals surface area contributed by atoms with Crippen LogP contribution in [0.4, 0.5) is 22.7 Å². The Balaban J connectivity index is 2.40. The van der Waals surface area contributed by atoms with E-state index in [1.54, 1.807) is 10.6 Å². The number of benzene rings is 2. The Morgan fingerprint density at radius 3 is 1.26 bits per heavy atom. The molecule has 0 aliphatic heterocycles. The molecule has 2 aromatic carbocycles. The highest BCUT2D eigenvalue weighted by Gasteiger charge is 2.43. The average Bonchev–Trinajstić information content (AvgIpc) is 2.76. The quantitative estimate of drug-likeness (QED) is 0.227. The summed E-state index contributed by atoms with van der Waals surface area (Å²) >= 11 is 0. The van der Waals surface area contributed by atoms with E-state index in [0.717, 1.165) is 12.1 Å². The third kappa shape index (κ3) is 3.66. The number of rotatable bonds is 4. The summed E-state index contributed by atoms with van der Waals surface area (Å²) in [5.41, 5.74) is -6.99. The number of hydrogen-bond acceptors (Lipinski definition) is 10. The number of fused-ring (bicyclic) bond motifs is 2. The molecule has 1 aliphatic rings. The number of nitro benzene ring substituents is 2. The topological polar surface area (TPSA) is 253 Å². The molecule has 2 amide bonds. The van der Waals surface area contributed by atoms with Crippen molar-refractivity contribution < 1.29 is 48.8 Å². The molecular formula is C18H8N4O12. The van der Waals surface area contributed by atoms with Gasteiger partial charge in [0.1, 0.15) is 11.1 Å². The van der Waals surface area contributed by atoms with E-state index >= 15 is 0 Å². The van der Waals surface area contributed by atoms with Crippen LogP contribution in [0.25, 0.3) is 0 Å². The highest BCUT2D eigenvalue weighted by Crippen LogP contribution is 2.42. The second-order valence-electron chi connectivity index (χ2n) is 6.46. The van der Waals surface area contributed by atoms with E-state index in [9.17, 15) is 49.0 Å². The minimum atomic E-state index is -2.01. The predicted molar refractivity (Wildman–Crippen MR) is 106 cm³/mol. The van der Waals surface area contributed by atoms with Crippen molar-refractivity contribution in [1.82, 2.24) is 0 Å².